The Kier molecular flexibility index (Phi) is 7.72. The maximum absolute atomic E-state index is 12.6. The topological polar surface area (TPSA) is 83.1 Å². The summed E-state index contributed by atoms with van der Waals surface area (Å²) in [5.41, 5.74) is 1.87. The Hall–Kier alpha value is -3.52. The Morgan fingerprint density at radius 1 is 0.906 bits per heavy atom. The summed E-state index contributed by atoms with van der Waals surface area (Å²) in [7, 11) is 2.89. The van der Waals surface area contributed by atoms with Crippen LogP contribution in [0.3, 0.4) is 0 Å². The number of anilines is 1. The number of rotatable bonds is 9. The van der Waals surface area contributed by atoms with E-state index >= 15 is 0 Å². The zero-order valence-corrected chi connectivity index (χ0v) is 19.2. The molecule has 0 saturated heterocycles. The molecular formula is C24H25NO6S. The van der Waals surface area contributed by atoms with E-state index in [0.29, 0.717) is 28.7 Å². The third kappa shape index (κ3) is 5.39. The number of hydrogen-bond acceptors (Lipinski definition) is 7. The minimum Gasteiger partial charge on any atom is -0.497 e. The number of hydrogen-bond donors (Lipinski definition) is 1. The van der Waals surface area contributed by atoms with Crippen molar-refractivity contribution in [1.29, 1.82) is 0 Å². The van der Waals surface area contributed by atoms with Crippen molar-refractivity contribution >= 4 is 28.2 Å². The Labute approximate surface area is 190 Å². The first-order valence-corrected chi connectivity index (χ1v) is 10.8. The molecule has 0 saturated carbocycles. The van der Waals surface area contributed by atoms with Crippen LogP contribution in [0, 0.1) is 6.92 Å². The predicted octanol–water partition coefficient (Wildman–Crippen LogP) is 4.93. The summed E-state index contributed by atoms with van der Waals surface area (Å²) in [4.78, 5) is 26.0. The lowest BCUT2D eigenvalue weighted by molar-refractivity contribution is -0.118. The van der Waals surface area contributed by atoms with Crippen molar-refractivity contribution in [3.05, 3.63) is 59.0 Å². The highest BCUT2D eigenvalue weighted by Crippen LogP contribution is 2.40. The standard InChI is InChI=1S/C24H25NO6S/c1-5-30-18-8-6-16(7-9-18)21-15(2)32-23(22(21)24(27)29-4)25-20(26)14-31-19-12-10-17(28-3)11-13-19/h6-13H,5,14H2,1-4H3,(H,25,26). The van der Waals surface area contributed by atoms with Crippen molar-refractivity contribution in [2.24, 2.45) is 0 Å². The quantitative estimate of drug-likeness (QED) is 0.461. The highest BCUT2D eigenvalue weighted by Gasteiger charge is 2.25. The van der Waals surface area contributed by atoms with Gasteiger partial charge >= 0.3 is 5.97 Å². The van der Waals surface area contributed by atoms with Gasteiger partial charge in [0.05, 0.1) is 20.8 Å². The molecule has 7 nitrogen and oxygen atoms in total. The van der Waals surface area contributed by atoms with Gasteiger partial charge in [0.15, 0.2) is 6.61 Å². The van der Waals surface area contributed by atoms with Crippen molar-refractivity contribution in [2.75, 3.05) is 32.8 Å². The van der Waals surface area contributed by atoms with E-state index < -0.39 is 5.97 Å². The van der Waals surface area contributed by atoms with E-state index in [1.54, 1.807) is 31.4 Å². The number of esters is 1. The lowest BCUT2D eigenvalue weighted by Gasteiger charge is -2.10. The maximum atomic E-state index is 12.6. The second-order valence-corrected chi connectivity index (χ2v) is 7.92. The molecule has 0 spiro atoms. The van der Waals surface area contributed by atoms with Crippen LogP contribution in [-0.2, 0) is 9.53 Å². The van der Waals surface area contributed by atoms with E-state index in [1.165, 1.54) is 18.4 Å². The molecular weight excluding hydrogens is 430 g/mol. The van der Waals surface area contributed by atoms with E-state index in [-0.39, 0.29) is 12.5 Å². The van der Waals surface area contributed by atoms with Crippen LogP contribution in [-0.4, -0.2) is 39.3 Å². The van der Waals surface area contributed by atoms with E-state index in [9.17, 15) is 9.59 Å². The van der Waals surface area contributed by atoms with Gasteiger partial charge in [0, 0.05) is 10.4 Å². The van der Waals surface area contributed by atoms with Gasteiger partial charge in [0.25, 0.3) is 5.91 Å². The van der Waals surface area contributed by atoms with Gasteiger partial charge in [-0.05, 0) is 55.8 Å². The normalized spacial score (nSPS) is 10.4. The molecule has 1 N–H and O–H groups in total. The first-order chi connectivity index (χ1) is 15.5. The molecule has 0 unspecified atom stereocenters. The third-order valence-electron chi connectivity index (χ3n) is 4.61. The van der Waals surface area contributed by atoms with Gasteiger partial charge in [-0.15, -0.1) is 11.3 Å². The molecule has 1 heterocycles. The molecule has 1 amide bonds. The highest BCUT2D eigenvalue weighted by atomic mass is 32.1. The van der Waals surface area contributed by atoms with Crippen LogP contribution in [0.1, 0.15) is 22.2 Å². The van der Waals surface area contributed by atoms with E-state index in [1.807, 2.05) is 38.1 Å². The fraction of sp³-hybridized carbons (Fsp3) is 0.250. The second kappa shape index (κ2) is 10.7. The minimum absolute atomic E-state index is 0.206. The molecule has 0 aliphatic heterocycles. The fourth-order valence-electron chi connectivity index (χ4n) is 3.15. The molecule has 168 valence electrons. The van der Waals surface area contributed by atoms with Crippen LogP contribution in [0.2, 0.25) is 0 Å². The summed E-state index contributed by atoms with van der Waals surface area (Å²) in [5, 5.41) is 3.20. The molecule has 0 bridgehead atoms. The van der Waals surface area contributed by atoms with Crippen molar-refractivity contribution in [1.82, 2.24) is 0 Å². The second-order valence-electron chi connectivity index (χ2n) is 6.70. The molecule has 0 aliphatic rings. The van der Waals surface area contributed by atoms with Gasteiger partial charge in [0.1, 0.15) is 27.8 Å². The molecule has 2 aromatic carbocycles. The number of benzene rings is 2. The average molecular weight is 456 g/mol. The Balaban J connectivity index is 1.80. The smallest absolute Gasteiger partial charge is 0.341 e. The van der Waals surface area contributed by atoms with Crippen LogP contribution < -0.4 is 19.5 Å². The number of thiophene rings is 1. The molecule has 3 rings (SSSR count). The van der Waals surface area contributed by atoms with Gasteiger partial charge in [0.2, 0.25) is 0 Å². The van der Waals surface area contributed by atoms with E-state index in [0.717, 1.165) is 21.8 Å². The average Bonchev–Trinajstić information content (AvgIpc) is 3.13. The lowest BCUT2D eigenvalue weighted by Crippen LogP contribution is -2.21. The zero-order chi connectivity index (χ0) is 23.1. The summed E-state index contributed by atoms with van der Waals surface area (Å²) in [6.45, 7) is 4.17. The number of amides is 1. The Bertz CT molecular complexity index is 1070. The van der Waals surface area contributed by atoms with Gasteiger partial charge in [-0.3, -0.25) is 4.79 Å². The molecule has 0 atom stereocenters. The van der Waals surface area contributed by atoms with Gasteiger partial charge in [-0.2, -0.15) is 0 Å². The molecule has 0 aliphatic carbocycles. The van der Waals surface area contributed by atoms with Crippen LogP contribution in [0.25, 0.3) is 11.1 Å². The van der Waals surface area contributed by atoms with E-state index in [4.69, 9.17) is 18.9 Å². The Morgan fingerprint density at radius 3 is 2.09 bits per heavy atom. The van der Waals surface area contributed by atoms with Crippen molar-refractivity contribution in [3.63, 3.8) is 0 Å². The lowest BCUT2D eigenvalue weighted by atomic mass is 10.0. The van der Waals surface area contributed by atoms with Crippen molar-refractivity contribution in [3.8, 4) is 28.4 Å². The molecule has 0 radical (unpaired) electrons. The van der Waals surface area contributed by atoms with E-state index in [2.05, 4.69) is 5.32 Å². The van der Waals surface area contributed by atoms with Crippen LogP contribution in [0.4, 0.5) is 5.00 Å². The van der Waals surface area contributed by atoms with Gasteiger partial charge < -0.3 is 24.3 Å². The van der Waals surface area contributed by atoms with Crippen molar-refractivity contribution < 1.29 is 28.5 Å². The summed E-state index contributed by atoms with van der Waals surface area (Å²) < 4.78 is 21.1. The largest absolute Gasteiger partial charge is 0.497 e. The molecule has 1 aromatic heterocycles. The fourth-order valence-corrected chi connectivity index (χ4v) is 4.23. The van der Waals surface area contributed by atoms with Crippen LogP contribution >= 0.6 is 11.3 Å². The predicted molar refractivity (Wildman–Crippen MR) is 124 cm³/mol. The van der Waals surface area contributed by atoms with Crippen molar-refractivity contribution in [2.45, 2.75) is 13.8 Å². The summed E-state index contributed by atoms with van der Waals surface area (Å²) >= 11 is 1.31. The minimum atomic E-state index is -0.524. The van der Waals surface area contributed by atoms with Gasteiger partial charge in [-0.1, -0.05) is 12.1 Å². The van der Waals surface area contributed by atoms with Crippen LogP contribution in [0.15, 0.2) is 48.5 Å². The number of ether oxygens (including phenoxy) is 4. The summed E-state index contributed by atoms with van der Waals surface area (Å²) in [5.74, 6) is 1.06. The summed E-state index contributed by atoms with van der Waals surface area (Å²) in [6, 6.07) is 14.4. The number of methoxy groups -OCH3 is 2. The molecule has 3 aromatic rings. The SMILES string of the molecule is CCOc1ccc(-c2c(C)sc(NC(=O)COc3ccc(OC)cc3)c2C(=O)OC)cc1. The monoisotopic (exact) mass is 455 g/mol. The molecule has 8 heteroatoms. The number of aryl methyl sites for hydroxylation is 1. The van der Waals surface area contributed by atoms with Crippen LogP contribution in [0.5, 0.6) is 17.2 Å². The Morgan fingerprint density at radius 2 is 1.50 bits per heavy atom. The number of carbonyl (C=O) groups is 2. The number of nitrogens with one attached hydrogen (secondary N) is 1. The summed E-state index contributed by atoms with van der Waals surface area (Å²) in [6.07, 6.45) is 0. The number of carbonyl (C=O) groups excluding carboxylic acids is 2. The maximum Gasteiger partial charge on any atom is 0.341 e. The first kappa shape index (κ1) is 23.1. The third-order valence-corrected chi connectivity index (χ3v) is 5.63. The first-order valence-electron chi connectivity index (χ1n) is 9.98. The molecule has 32 heavy (non-hydrogen) atoms. The zero-order valence-electron chi connectivity index (χ0n) is 18.4. The molecule has 0 fully saturated rings. The highest BCUT2D eigenvalue weighted by molar-refractivity contribution is 7.17. The van der Waals surface area contributed by atoms with Gasteiger partial charge in [-0.25, -0.2) is 4.79 Å².